The number of carbonyl (C=O) groups excluding carboxylic acids is 1. The van der Waals surface area contributed by atoms with Crippen molar-refractivity contribution < 1.29 is 14.3 Å². The highest BCUT2D eigenvalue weighted by Gasteiger charge is 2.12. The standard InChI is InChI=1S/C13H10FN3O2/c14-10-3-4-11(9(8-10)2-1-7-18)12(19)17-13-15-5-6-16-13/h3-6,8,18H,7H2,(H2,15,16,17,19). The minimum absolute atomic E-state index is 0.207. The largest absolute Gasteiger partial charge is 0.384 e. The van der Waals surface area contributed by atoms with Crippen molar-refractivity contribution >= 4 is 11.9 Å². The maximum atomic E-state index is 13.1. The number of aliphatic hydroxyl groups is 1. The SMILES string of the molecule is O=C(Nc1ncc[nH]1)c1ccc(F)cc1C#CCO. The number of imidazole rings is 1. The Labute approximate surface area is 108 Å². The van der Waals surface area contributed by atoms with Crippen LogP contribution in [0.15, 0.2) is 30.6 Å². The number of rotatable bonds is 2. The highest BCUT2D eigenvalue weighted by atomic mass is 19.1. The van der Waals surface area contributed by atoms with E-state index in [4.69, 9.17) is 5.11 Å². The first kappa shape index (κ1) is 12.8. The smallest absolute Gasteiger partial charge is 0.259 e. The van der Waals surface area contributed by atoms with Gasteiger partial charge in [-0.3, -0.25) is 10.1 Å². The minimum atomic E-state index is -0.503. The maximum absolute atomic E-state index is 13.1. The Morgan fingerprint density at radius 2 is 2.37 bits per heavy atom. The van der Waals surface area contributed by atoms with Crippen LogP contribution in [0, 0.1) is 17.7 Å². The van der Waals surface area contributed by atoms with Crippen LogP contribution < -0.4 is 5.32 Å². The molecule has 0 radical (unpaired) electrons. The van der Waals surface area contributed by atoms with Crippen molar-refractivity contribution in [2.24, 2.45) is 0 Å². The number of amides is 1. The molecule has 0 aliphatic carbocycles. The fraction of sp³-hybridized carbons (Fsp3) is 0.0769. The topological polar surface area (TPSA) is 78.0 Å². The number of H-pyrrole nitrogens is 1. The van der Waals surface area contributed by atoms with Gasteiger partial charge >= 0.3 is 0 Å². The van der Waals surface area contributed by atoms with Crippen LogP contribution >= 0.6 is 0 Å². The summed E-state index contributed by atoms with van der Waals surface area (Å²) in [6.07, 6.45) is 3.06. The van der Waals surface area contributed by atoms with Crippen molar-refractivity contribution in [3.63, 3.8) is 0 Å². The molecule has 3 N–H and O–H groups in total. The van der Waals surface area contributed by atoms with Crippen LogP contribution in [0.1, 0.15) is 15.9 Å². The third-order valence-corrected chi connectivity index (χ3v) is 2.26. The Morgan fingerprint density at radius 1 is 1.53 bits per heavy atom. The molecule has 0 atom stereocenters. The number of halogens is 1. The second kappa shape index (κ2) is 5.80. The van der Waals surface area contributed by atoms with Crippen molar-refractivity contribution in [2.45, 2.75) is 0 Å². The Hall–Kier alpha value is -2.65. The van der Waals surface area contributed by atoms with Crippen LogP contribution in [0.3, 0.4) is 0 Å². The van der Waals surface area contributed by atoms with Crippen LogP contribution in [0.5, 0.6) is 0 Å². The van der Waals surface area contributed by atoms with Gasteiger partial charge in [0.1, 0.15) is 12.4 Å². The normalized spacial score (nSPS) is 9.58. The number of nitrogens with one attached hydrogen (secondary N) is 2. The predicted octanol–water partition coefficient (Wildman–Crippen LogP) is 1.14. The Kier molecular flexibility index (Phi) is 3.90. The number of hydrogen-bond donors (Lipinski definition) is 3. The van der Waals surface area contributed by atoms with Crippen LogP contribution in [0.25, 0.3) is 0 Å². The van der Waals surface area contributed by atoms with E-state index in [1.165, 1.54) is 18.3 Å². The molecule has 1 aromatic carbocycles. The Bertz CT molecular complexity index is 642. The molecular formula is C13H10FN3O2. The predicted molar refractivity (Wildman–Crippen MR) is 66.9 cm³/mol. The lowest BCUT2D eigenvalue weighted by Gasteiger charge is -2.04. The Balaban J connectivity index is 2.30. The van der Waals surface area contributed by atoms with Crippen LogP contribution in [0.2, 0.25) is 0 Å². The lowest BCUT2D eigenvalue weighted by Crippen LogP contribution is -2.14. The summed E-state index contributed by atoms with van der Waals surface area (Å²) in [7, 11) is 0. The number of benzene rings is 1. The number of aromatic amines is 1. The third-order valence-electron chi connectivity index (χ3n) is 2.26. The van der Waals surface area contributed by atoms with Gasteiger partial charge < -0.3 is 10.1 Å². The molecule has 19 heavy (non-hydrogen) atoms. The van der Waals surface area contributed by atoms with Gasteiger partial charge in [0, 0.05) is 18.0 Å². The summed E-state index contributed by atoms with van der Waals surface area (Å²) in [6, 6.07) is 3.63. The van der Waals surface area contributed by atoms with E-state index in [2.05, 4.69) is 27.1 Å². The summed E-state index contributed by atoms with van der Waals surface area (Å²) in [5.41, 5.74) is 0.414. The van der Waals surface area contributed by atoms with Gasteiger partial charge in [0.2, 0.25) is 5.95 Å². The molecule has 0 fully saturated rings. The molecule has 5 nitrogen and oxygen atoms in total. The maximum Gasteiger partial charge on any atom is 0.259 e. The van der Waals surface area contributed by atoms with Gasteiger partial charge in [-0.25, -0.2) is 9.37 Å². The highest BCUT2D eigenvalue weighted by Crippen LogP contribution is 2.12. The fourth-order valence-corrected chi connectivity index (χ4v) is 1.46. The monoisotopic (exact) mass is 259 g/mol. The molecule has 2 rings (SSSR count). The average Bonchev–Trinajstić information content (AvgIpc) is 2.89. The number of anilines is 1. The van der Waals surface area contributed by atoms with Gasteiger partial charge in [-0.2, -0.15) is 0 Å². The molecular weight excluding hydrogens is 249 g/mol. The van der Waals surface area contributed by atoms with Crippen molar-refractivity contribution in [1.82, 2.24) is 9.97 Å². The van der Waals surface area contributed by atoms with Gasteiger partial charge in [-0.1, -0.05) is 11.8 Å². The fourth-order valence-electron chi connectivity index (χ4n) is 1.46. The Morgan fingerprint density at radius 3 is 3.05 bits per heavy atom. The molecule has 0 unspecified atom stereocenters. The summed E-state index contributed by atoms with van der Waals surface area (Å²) in [4.78, 5) is 18.6. The second-order valence-electron chi connectivity index (χ2n) is 3.54. The van der Waals surface area contributed by atoms with Gasteiger partial charge in [0.15, 0.2) is 0 Å². The average molecular weight is 259 g/mol. The summed E-state index contributed by atoms with van der Waals surface area (Å²) >= 11 is 0. The second-order valence-corrected chi connectivity index (χ2v) is 3.54. The van der Waals surface area contributed by atoms with Crippen molar-refractivity contribution in [3.05, 3.63) is 47.5 Å². The highest BCUT2D eigenvalue weighted by molar-refractivity contribution is 6.05. The van der Waals surface area contributed by atoms with E-state index in [0.29, 0.717) is 0 Å². The number of aliphatic hydroxyl groups excluding tert-OH is 1. The summed E-state index contributed by atoms with van der Waals surface area (Å²) in [6.45, 7) is -0.365. The number of nitrogens with zero attached hydrogens (tertiary/aromatic N) is 1. The number of carbonyl (C=O) groups is 1. The van der Waals surface area contributed by atoms with E-state index >= 15 is 0 Å². The zero-order valence-corrected chi connectivity index (χ0v) is 9.77. The van der Waals surface area contributed by atoms with E-state index < -0.39 is 11.7 Å². The van der Waals surface area contributed by atoms with E-state index in [-0.39, 0.29) is 23.7 Å². The third kappa shape index (κ3) is 3.18. The summed E-state index contributed by atoms with van der Waals surface area (Å²) < 4.78 is 13.1. The minimum Gasteiger partial charge on any atom is -0.384 e. The van der Waals surface area contributed by atoms with Crippen LogP contribution in [-0.4, -0.2) is 27.6 Å². The molecule has 96 valence electrons. The van der Waals surface area contributed by atoms with Gasteiger partial charge in [0.05, 0.1) is 5.56 Å². The number of hydrogen-bond acceptors (Lipinski definition) is 3. The molecule has 0 saturated heterocycles. The summed E-state index contributed by atoms with van der Waals surface area (Å²) in [5, 5.41) is 11.2. The number of aromatic nitrogens is 2. The molecule has 6 heteroatoms. The van der Waals surface area contributed by atoms with Gasteiger partial charge in [-0.15, -0.1) is 0 Å². The summed E-state index contributed by atoms with van der Waals surface area (Å²) in [5.74, 6) is 4.24. The molecule has 2 aromatic rings. The van der Waals surface area contributed by atoms with E-state index in [0.717, 1.165) is 6.07 Å². The van der Waals surface area contributed by atoms with E-state index in [9.17, 15) is 9.18 Å². The molecule has 1 aromatic heterocycles. The van der Waals surface area contributed by atoms with Crippen LogP contribution in [0.4, 0.5) is 10.3 Å². The van der Waals surface area contributed by atoms with Crippen molar-refractivity contribution in [3.8, 4) is 11.8 Å². The van der Waals surface area contributed by atoms with Crippen LogP contribution in [-0.2, 0) is 0 Å². The first-order chi connectivity index (χ1) is 9.20. The first-order valence-electron chi connectivity index (χ1n) is 5.40. The quantitative estimate of drug-likeness (QED) is 0.708. The zero-order chi connectivity index (χ0) is 13.7. The molecule has 0 aliphatic heterocycles. The zero-order valence-electron chi connectivity index (χ0n) is 9.77. The molecule has 0 aliphatic rings. The molecule has 1 amide bonds. The van der Waals surface area contributed by atoms with Crippen molar-refractivity contribution in [2.75, 3.05) is 11.9 Å². The molecule has 1 heterocycles. The lowest BCUT2D eigenvalue weighted by molar-refractivity contribution is 0.102. The van der Waals surface area contributed by atoms with E-state index in [1.54, 1.807) is 6.20 Å². The lowest BCUT2D eigenvalue weighted by atomic mass is 10.1. The molecule has 0 saturated carbocycles. The first-order valence-corrected chi connectivity index (χ1v) is 5.40. The molecule has 0 spiro atoms. The van der Waals surface area contributed by atoms with Gasteiger partial charge in [0.25, 0.3) is 5.91 Å². The van der Waals surface area contributed by atoms with Gasteiger partial charge in [-0.05, 0) is 18.2 Å². The molecule has 0 bridgehead atoms. The van der Waals surface area contributed by atoms with Crippen molar-refractivity contribution in [1.29, 1.82) is 0 Å². The van der Waals surface area contributed by atoms with E-state index in [1.807, 2.05) is 0 Å².